The molecule has 0 bridgehead atoms. The second-order valence-electron chi connectivity index (χ2n) is 5.63. The normalized spacial score (nSPS) is 10.9. The third-order valence-corrected chi connectivity index (χ3v) is 3.88. The molecule has 0 spiro atoms. The van der Waals surface area contributed by atoms with Gasteiger partial charge in [0.2, 0.25) is 0 Å². The van der Waals surface area contributed by atoms with Crippen LogP contribution in [-0.2, 0) is 4.79 Å². The maximum atomic E-state index is 12.7. The molecule has 1 aromatic heterocycles. The van der Waals surface area contributed by atoms with Crippen molar-refractivity contribution in [3.05, 3.63) is 101 Å². The van der Waals surface area contributed by atoms with Gasteiger partial charge < -0.3 is 10.6 Å². The first-order chi connectivity index (χ1) is 13.1. The number of halogens is 1. The van der Waals surface area contributed by atoms with Crippen LogP contribution in [0.25, 0.3) is 6.08 Å². The van der Waals surface area contributed by atoms with Crippen LogP contribution in [0.5, 0.6) is 0 Å². The first kappa shape index (κ1) is 18.4. The summed E-state index contributed by atoms with van der Waals surface area (Å²) in [6.07, 6.45) is 4.80. The van der Waals surface area contributed by atoms with E-state index in [0.717, 1.165) is 0 Å². The van der Waals surface area contributed by atoms with Crippen LogP contribution < -0.4 is 10.6 Å². The minimum absolute atomic E-state index is 0.104. The molecule has 0 saturated heterocycles. The smallest absolute Gasteiger partial charge is 0.272 e. The molecule has 0 aliphatic rings. The van der Waals surface area contributed by atoms with Gasteiger partial charge in [-0.2, -0.15) is 0 Å². The SMILES string of the molecule is O=C(Nc1ccc(Cl)cc1)/C(=C\c1cccnc1)NC(=O)c1ccccc1. The van der Waals surface area contributed by atoms with E-state index in [1.54, 1.807) is 79.1 Å². The number of benzene rings is 2. The summed E-state index contributed by atoms with van der Waals surface area (Å²) in [6, 6.07) is 18.9. The predicted molar refractivity (Wildman–Crippen MR) is 106 cm³/mol. The summed E-state index contributed by atoms with van der Waals surface area (Å²) < 4.78 is 0. The fourth-order valence-electron chi connectivity index (χ4n) is 2.30. The van der Waals surface area contributed by atoms with Crippen LogP contribution in [-0.4, -0.2) is 16.8 Å². The summed E-state index contributed by atoms with van der Waals surface area (Å²) in [7, 11) is 0. The summed E-state index contributed by atoms with van der Waals surface area (Å²) in [5.41, 5.74) is 1.81. The quantitative estimate of drug-likeness (QED) is 0.656. The van der Waals surface area contributed by atoms with Crippen molar-refractivity contribution < 1.29 is 9.59 Å². The van der Waals surface area contributed by atoms with Crippen molar-refractivity contribution in [3.8, 4) is 0 Å². The van der Waals surface area contributed by atoms with Gasteiger partial charge in [-0.05, 0) is 54.1 Å². The zero-order chi connectivity index (χ0) is 19.1. The average molecular weight is 378 g/mol. The van der Waals surface area contributed by atoms with Crippen LogP contribution >= 0.6 is 11.6 Å². The molecule has 0 radical (unpaired) electrons. The Morgan fingerprint density at radius 3 is 2.33 bits per heavy atom. The molecule has 3 rings (SSSR count). The summed E-state index contributed by atoms with van der Waals surface area (Å²) in [4.78, 5) is 29.2. The van der Waals surface area contributed by atoms with E-state index >= 15 is 0 Å². The first-order valence-corrected chi connectivity index (χ1v) is 8.55. The number of aromatic nitrogens is 1. The number of pyridine rings is 1. The largest absolute Gasteiger partial charge is 0.321 e. The summed E-state index contributed by atoms with van der Waals surface area (Å²) in [6.45, 7) is 0. The Balaban J connectivity index is 1.85. The molecule has 27 heavy (non-hydrogen) atoms. The number of nitrogens with one attached hydrogen (secondary N) is 2. The monoisotopic (exact) mass is 377 g/mol. The van der Waals surface area contributed by atoms with Crippen molar-refractivity contribution in [1.82, 2.24) is 10.3 Å². The maximum absolute atomic E-state index is 12.7. The molecule has 0 saturated carbocycles. The van der Waals surface area contributed by atoms with Crippen molar-refractivity contribution in [2.24, 2.45) is 0 Å². The zero-order valence-corrected chi connectivity index (χ0v) is 15.0. The van der Waals surface area contributed by atoms with Crippen molar-refractivity contribution in [1.29, 1.82) is 0 Å². The Kier molecular flexibility index (Phi) is 5.97. The standard InChI is InChI=1S/C21H16ClN3O2/c22-17-8-10-18(11-9-17)24-21(27)19(13-15-5-4-12-23-14-15)25-20(26)16-6-2-1-3-7-16/h1-14H,(H,24,27)(H,25,26)/b19-13+. The lowest BCUT2D eigenvalue weighted by molar-refractivity contribution is -0.113. The number of amides is 2. The molecule has 2 amide bonds. The Bertz CT molecular complexity index is 956. The number of hydrogen-bond acceptors (Lipinski definition) is 3. The second-order valence-corrected chi connectivity index (χ2v) is 6.06. The summed E-state index contributed by atoms with van der Waals surface area (Å²) in [5.74, 6) is -0.831. The van der Waals surface area contributed by atoms with Crippen LogP contribution in [0.1, 0.15) is 15.9 Å². The van der Waals surface area contributed by atoms with Gasteiger partial charge in [0, 0.05) is 28.7 Å². The van der Waals surface area contributed by atoms with Crippen LogP contribution in [0.4, 0.5) is 5.69 Å². The fourth-order valence-corrected chi connectivity index (χ4v) is 2.43. The highest BCUT2D eigenvalue weighted by Gasteiger charge is 2.15. The van der Waals surface area contributed by atoms with Gasteiger partial charge in [-0.15, -0.1) is 0 Å². The van der Waals surface area contributed by atoms with E-state index in [4.69, 9.17) is 11.6 Å². The van der Waals surface area contributed by atoms with Gasteiger partial charge in [-0.25, -0.2) is 0 Å². The van der Waals surface area contributed by atoms with Gasteiger partial charge in [0.1, 0.15) is 5.70 Å². The van der Waals surface area contributed by atoms with E-state index < -0.39 is 5.91 Å². The molecule has 0 aliphatic carbocycles. The van der Waals surface area contributed by atoms with Crippen LogP contribution in [0.15, 0.2) is 84.8 Å². The molecule has 2 N–H and O–H groups in total. The van der Waals surface area contributed by atoms with Crippen molar-refractivity contribution >= 4 is 35.2 Å². The molecular formula is C21H16ClN3O2. The molecule has 134 valence electrons. The van der Waals surface area contributed by atoms with Crippen molar-refractivity contribution in [2.45, 2.75) is 0 Å². The highest BCUT2D eigenvalue weighted by molar-refractivity contribution is 6.30. The molecule has 0 aliphatic heterocycles. The van der Waals surface area contributed by atoms with E-state index in [9.17, 15) is 9.59 Å². The number of carbonyl (C=O) groups excluding carboxylic acids is 2. The van der Waals surface area contributed by atoms with Gasteiger partial charge in [-0.3, -0.25) is 14.6 Å². The number of carbonyl (C=O) groups is 2. The Labute approximate surface area is 161 Å². The maximum Gasteiger partial charge on any atom is 0.272 e. The van der Waals surface area contributed by atoms with E-state index in [-0.39, 0.29) is 11.6 Å². The Hall–Kier alpha value is -3.44. The molecular weight excluding hydrogens is 362 g/mol. The molecule has 0 atom stereocenters. The lowest BCUT2D eigenvalue weighted by atomic mass is 10.2. The van der Waals surface area contributed by atoms with Crippen molar-refractivity contribution in [2.75, 3.05) is 5.32 Å². The number of hydrogen-bond donors (Lipinski definition) is 2. The fraction of sp³-hybridized carbons (Fsp3) is 0. The highest BCUT2D eigenvalue weighted by Crippen LogP contribution is 2.15. The third kappa shape index (κ3) is 5.26. The molecule has 1 heterocycles. The van der Waals surface area contributed by atoms with Gasteiger partial charge in [0.15, 0.2) is 0 Å². The summed E-state index contributed by atoms with van der Waals surface area (Å²) in [5, 5.41) is 5.98. The minimum Gasteiger partial charge on any atom is -0.321 e. The zero-order valence-electron chi connectivity index (χ0n) is 14.2. The van der Waals surface area contributed by atoms with Gasteiger partial charge >= 0.3 is 0 Å². The van der Waals surface area contributed by atoms with E-state index in [2.05, 4.69) is 15.6 Å². The second kappa shape index (κ2) is 8.78. The minimum atomic E-state index is -0.453. The average Bonchev–Trinajstić information content (AvgIpc) is 2.70. The van der Waals surface area contributed by atoms with E-state index in [1.807, 2.05) is 6.07 Å². The molecule has 0 unspecified atom stereocenters. The van der Waals surface area contributed by atoms with Gasteiger partial charge in [0.05, 0.1) is 0 Å². The van der Waals surface area contributed by atoms with Gasteiger partial charge in [0.25, 0.3) is 11.8 Å². The number of rotatable bonds is 5. The Morgan fingerprint density at radius 2 is 1.67 bits per heavy atom. The summed E-state index contributed by atoms with van der Waals surface area (Å²) >= 11 is 5.87. The lowest BCUT2D eigenvalue weighted by Gasteiger charge is -2.11. The molecule has 6 heteroatoms. The van der Waals surface area contributed by atoms with Crippen LogP contribution in [0.2, 0.25) is 5.02 Å². The van der Waals surface area contributed by atoms with Gasteiger partial charge in [-0.1, -0.05) is 35.9 Å². The number of nitrogens with zero attached hydrogens (tertiary/aromatic N) is 1. The molecule has 0 fully saturated rings. The lowest BCUT2D eigenvalue weighted by Crippen LogP contribution is -2.30. The van der Waals surface area contributed by atoms with Crippen LogP contribution in [0.3, 0.4) is 0 Å². The molecule has 2 aromatic carbocycles. The number of anilines is 1. The van der Waals surface area contributed by atoms with E-state index in [0.29, 0.717) is 21.8 Å². The van der Waals surface area contributed by atoms with E-state index in [1.165, 1.54) is 0 Å². The first-order valence-electron chi connectivity index (χ1n) is 8.17. The molecule has 3 aromatic rings. The molecule has 5 nitrogen and oxygen atoms in total. The Morgan fingerprint density at radius 1 is 0.926 bits per heavy atom. The predicted octanol–water partition coefficient (Wildman–Crippen LogP) is 4.14. The topological polar surface area (TPSA) is 71.1 Å². The van der Waals surface area contributed by atoms with Crippen molar-refractivity contribution in [3.63, 3.8) is 0 Å². The highest BCUT2D eigenvalue weighted by atomic mass is 35.5. The van der Waals surface area contributed by atoms with Crippen LogP contribution in [0, 0.1) is 0 Å². The third-order valence-electron chi connectivity index (χ3n) is 3.63.